The number of carbonyl (C=O) groups excluding carboxylic acids is 1. The van der Waals surface area contributed by atoms with Gasteiger partial charge in [0, 0.05) is 12.2 Å². The van der Waals surface area contributed by atoms with Gasteiger partial charge >= 0.3 is 0 Å². The highest BCUT2D eigenvalue weighted by Gasteiger charge is 2.24. The Morgan fingerprint density at radius 2 is 2.24 bits per heavy atom. The summed E-state index contributed by atoms with van der Waals surface area (Å²) in [7, 11) is 0. The molecular weight excluding hydrogens is 212 g/mol. The molecular formula is C14H20N2O. The minimum Gasteiger partial charge on any atom is -0.326 e. The maximum Gasteiger partial charge on any atom is 0.228 e. The Balaban J connectivity index is 1.96. The first kappa shape index (κ1) is 12.1. The van der Waals surface area contributed by atoms with Crippen LogP contribution in [-0.2, 0) is 4.79 Å². The van der Waals surface area contributed by atoms with E-state index in [1.807, 2.05) is 31.2 Å². The summed E-state index contributed by atoms with van der Waals surface area (Å²) in [6.07, 6.45) is 0.977. The summed E-state index contributed by atoms with van der Waals surface area (Å²) < 4.78 is 0. The molecule has 3 nitrogen and oxygen atoms in total. The number of nitrogens with one attached hydrogen (secondary N) is 2. The molecule has 1 amide bonds. The summed E-state index contributed by atoms with van der Waals surface area (Å²) in [5.74, 6) is 0.811. The van der Waals surface area contributed by atoms with E-state index in [-0.39, 0.29) is 11.8 Å². The van der Waals surface area contributed by atoms with Crippen molar-refractivity contribution in [3.63, 3.8) is 0 Å². The molecule has 0 aliphatic carbocycles. The molecule has 0 saturated carbocycles. The van der Waals surface area contributed by atoms with Crippen LogP contribution in [-0.4, -0.2) is 19.0 Å². The van der Waals surface area contributed by atoms with Gasteiger partial charge in [0.2, 0.25) is 5.91 Å². The van der Waals surface area contributed by atoms with E-state index in [0.29, 0.717) is 5.92 Å². The molecule has 0 aromatic heterocycles. The van der Waals surface area contributed by atoms with Gasteiger partial charge in [-0.2, -0.15) is 0 Å². The second kappa shape index (κ2) is 5.32. The van der Waals surface area contributed by atoms with Gasteiger partial charge in [0.25, 0.3) is 0 Å². The molecule has 3 heteroatoms. The third-order valence-corrected chi connectivity index (χ3v) is 3.23. The van der Waals surface area contributed by atoms with Crippen molar-refractivity contribution in [2.75, 3.05) is 18.4 Å². The molecule has 1 fully saturated rings. The SMILES string of the molecule is Cc1cccc(NC(=O)C2CNCC(C)C2)c1. The molecule has 17 heavy (non-hydrogen) atoms. The first-order chi connectivity index (χ1) is 8.15. The first-order valence-electron chi connectivity index (χ1n) is 6.23. The van der Waals surface area contributed by atoms with Crippen LogP contribution in [0.15, 0.2) is 24.3 Å². The minimum absolute atomic E-state index is 0.0965. The van der Waals surface area contributed by atoms with Crippen molar-refractivity contribution in [2.24, 2.45) is 11.8 Å². The van der Waals surface area contributed by atoms with E-state index in [2.05, 4.69) is 17.6 Å². The van der Waals surface area contributed by atoms with Gasteiger partial charge in [0.1, 0.15) is 0 Å². The standard InChI is InChI=1S/C14H20N2O/c1-10-4-3-5-13(7-10)16-14(17)12-6-11(2)8-15-9-12/h3-5,7,11-12,15H,6,8-9H2,1-2H3,(H,16,17). The number of hydrogen-bond acceptors (Lipinski definition) is 2. The topological polar surface area (TPSA) is 41.1 Å². The van der Waals surface area contributed by atoms with Crippen LogP contribution in [0.5, 0.6) is 0 Å². The molecule has 2 N–H and O–H groups in total. The molecule has 2 rings (SSSR count). The zero-order valence-corrected chi connectivity index (χ0v) is 10.5. The van der Waals surface area contributed by atoms with E-state index in [9.17, 15) is 4.79 Å². The maximum absolute atomic E-state index is 12.1. The Morgan fingerprint density at radius 3 is 2.94 bits per heavy atom. The van der Waals surface area contributed by atoms with Gasteiger partial charge in [-0.1, -0.05) is 19.1 Å². The van der Waals surface area contributed by atoms with E-state index in [1.165, 1.54) is 0 Å². The van der Waals surface area contributed by atoms with E-state index in [1.54, 1.807) is 0 Å². The Bertz CT molecular complexity index is 403. The molecule has 0 bridgehead atoms. The Hall–Kier alpha value is -1.35. The molecule has 1 aliphatic heterocycles. The molecule has 1 saturated heterocycles. The summed E-state index contributed by atoms with van der Waals surface area (Å²) in [6.45, 7) is 6.02. The number of hydrogen-bond donors (Lipinski definition) is 2. The fraction of sp³-hybridized carbons (Fsp3) is 0.500. The van der Waals surface area contributed by atoms with Gasteiger partial charge in [-0.05, 0) is 43.5 Å². The zero-order valence-electron chi connectivity index (χ0n) is 10.5. The smallest absolute Gasteiger partial charge is 0.228 e. The summed E-state index contributed by atoms with van der Waals surface area (Å²) in [6, 6.07) is 7.93. The molecule has 1 aromatic rings. The highest BCUT2D eigenvalue weighted by atomic mass is 16.1. The van der Waals surface area contributed by atoms with Gasteiger partial charge in [0.15, 0.2) is 0 Å². The van der Waals surface area contributed by atoms with Crippen LogP contribution < -0.4 is 10.6 Å². The number of anilines is 1. The van der Waals surface area contributed by atoms with Gasteiger partial charge in [-0.15, -0.1) is 0 Å². The number of benzene rings is 1. The lowest BCUT2D eigenvalue weighted by Gasteiger charge is -2.26. The average Bonchev–Trinajstić information content (AvgIpc) is 2.29. The molecule has 92 valence electrons. The third kappa shape index (κ3) is 3.30. The molecule has 1 heterocycles. The second-order valence-electron chi connectivity index (χ2n) is 5.05. The monoisotopic (exact) mass is 232 g/mol. The maximum atomic E-state index is 12.1. The molecule has 0 spiro atoms. The lowest BCUT2D eigenvalue weighted by atomic mass is 9.91. The van der Waals surface area contributed by atoms with Crippen molar-refractivity contribution in [1.82, 2.24) is 5.32 Å². The van der Waals surface area contributed by atoms with Gasteiger partial charge in [0.05, 0.1) is 5.92 Å². The van der Waals surface area contributed by atoms with Crippen LogP contribution in [0.1, 0.15) is 18.9 Å². The lowest BCUT2D eigenvalue weighted by Crippen LogP contribution is -2.40. The van der Waals surface area contributed by atoms with E-state index in [4.69, 9.17) is 0 Å². The molecule has 0 radical (unpaired) electrons. The van der Waals surface area contributed by atoms with E-state index < -0.39 is 0 Å². The predicted molar refractivity (Wildman–Crippen MR) is 69.9 cm³/mol. The van der Waals surface area contributed by atoms with Crippen molar-refractivity contribution in [3.8, 4) is 0 Å². The largest absolute Gasteiger partial charge is 0.326 e. The Labute approximate surface area is 103 Å². The second-order valence-corrected chi connectivity index (χ2v) is 5.05. The van der Waals surface area contributed by atoms with Crippen molar-refractivity contribution >= 4 is 11.6 Å². The van der Waals surface area contributed by atoms with Crippen molar-refractivity contribution in [2.45, 2.75) is 20.3 Å². The van der Waals surface area contributed by atoms with Crippen LogP contribution in [0.3, 0.4) is 0 Å². The average molecular weight is 232 g/mol. The predicted octanol–water partition coefficient (Wildman–Crippen LogP) is 2.18. The number of amides is 1. The van der Waals surface area contributed by atoms with Crippen LogP contribution in [0.2, 0.25) is 0 Å². The first-order valence-corrected chi connectivity index (χ1v) is 6.23. The van der Waals surface area contributed by atoms with Crippen molar-refractivity contribution in [1.29, 1.82) is 0 Å². The number of aryl methyl sites for hydroxylation is 1. The highest BCUT2D eigenvalue weighted by molar-refractivity contribution is 5.92. The zero-order chi connectivity index (χ0) is 12.3. The van der Waals surface area contributed by atoms with Gasteiger partial charge in [-0.3, -0.25) is 4.79 Å². The van der Waals surface area contributed by atoms with Crippen LogP contribution in [0.4, 0.5) is 5.69 Å². The van der Waals surface area contributed by atoms with Crippen molar-refractivity contribution in [3.05, 3.63) is 29.8 Å². The Kier molecular flexibility index (Phi) is 3.79. The fourth-order valence-corrected chi connectivity index (χ4v) is 2.32. The van der Waals surface area contributed by atoms with Gasteiger partial charge in [-0.25, -0.2) is 0 Å². The van der Waals surface area contributed by atoms with Crippen LogP contribution in [0, 0.1) is 18.8 Å². The number of carbonyl (C=O) groups is 1. The molecule has 1 aliphatic rings. The van der Waals surface area contributed by atoms with Crippen molar-refractivity contribution < 1.29 is 4.79 Å². The summed E-state index contributed by atoms with van der Waals surface area (Å²) >= 11 is 0. The summed E-state index contributed by atoms with van der Waals surface area (Å²) in [5, 5.41) is 6.30. The number of rotatable bonds is 2. The minimum atomic E-state index is 0.0965. The van der Waals surface area contributed by atoms with E-state index >= 15 is 0 Å². The molecule has 2 atom stereocenters. The van der Waals surface area contributed by atoms with E-state index in [0.717, 1.165) is 30.8 Å². The summed E-state index contributed by atoms with van der Waals surface area (Å²) in [5.41, 5.74) is 2.06. The number of piperidine rings is 1. The normalized spacial score (nSPS) is 24.4. The summed E-state index contributed by atoms with van der Waals surface area (Å²) in [4.78, 5) is 12.1. The van der Waals surface area contributed by atoms with Crippen LogP contribution in [0.25, 0.3) is 0 Å². The van der Waals surface area contributed by atoms with Gasteiger partial charge < -0.3 is 10.6 Å². The quantitative estimate of drug-likeness (QED) is 0.820. The highest BCUT2D eigenvalue weighted by Crippen LogP contribution is 2.18. The fourth-order valence-electron chi connectivity index (χ4n) is 2.32. The van der Waals surface area contributed by atoms with Crippen LogP contribution >= 0.6 is 0 Å². The molecule has 2 unspecified atom stereocenters. The third-order valence-electron chi connectivity index (χ3n) is 3.23. The Morgan fingerprint density at radius 1 is 1.41 bits per heavy atom. The molecule has 1 aromatic carbocycles. The lowest BCUT2D eigenvalue weighted by molar-refractivity contribution is -0.120.